The molecule has 0 spiro atoms. The molecule has 182 valence electrons. The van der Waals surface area contributed by atoms with Crippen molar-refractivity contribution < 1.29 is 34.3 Å². The molecular weight excluding hydrogens is 571 g/mol. The summed E-state index contributed by atoms with van der Waals surface area (Å²) in [4.78, 5) is 0. The first kappa shape index (κ1) is 37.6. The molecule has 30 heavy (non-hydrogen) atoms. The van der Waals surface area contributed by atoms with E-state index >= 15 is 0 Å². The van der Waals surface area contributed by atoms with Gasteiger partial charge in [-0.25, -0.2) is 11.6 Å². The Hall–Kier alpha value is 0.265. The topological polar surface area (TPSA) is 27.7 Å². The van der Waals surface area contributed by atoms with Gasteiger partial charge >= 0.3 is 29.9 Å². The second kappa shape index (κ2) is 25.5. The second-order valence-corrected chi connectivity index (χ2v) is 10.4. The van der Waals surface area contributed by atoms with Crippen LogP contribution >= 0.6 is 0 Å². The maximum atomic E-state index is 5.46. The van der Waals surface area contributed by atoms with E-state index in [1.54, 1.807) is 21.3 Å². The van der Waals surface area contributed by atoms with Crippen LogP contribution in [0.15, 0.2) is 17.7 Å². The van der Waals surface area contributed by atoms with Gasteiger partial charge in [0.25, 0.3) is 0 Å². The summed E-state index contributed by atoms with van der Waals surface area (Å²) < 4.78 is 16.4. The SMILES string of the molecule is CO[Si](CCCCCCCCCCCCCCC1=[C-]CC=C1)(OC)OC.[CH3-].[CH3-].[CH3-].[Pt+4]. The normalized spacial score (nSPS) is 12.3. The van der Waals surface area contributed by atoms with Crippen LogP contribution in [0.4, 0.5) is 0 Å². The largest absolute Gasteiger partial charge is 4.00 e. The summed E-state index contributed by atoms with van der Waals surface area (Å²) in [6.07, 6.45) is 26.4. The monoisotopic (exact) mass is 621 g/mol. The Bertz CT molecular complexity index is 388. The number of hydrogen-bond donors (Lipinski definition) is 0. The number of unbranched alkanes of at least 4 members (excludes halogenated alkanes) is 11. The van der Waals surface area contributed by atoms with E-state index in [0.29, 0.717) is 0 Å². The van der Waals surface area contributed by atoms with Gasteiger partial charge in [0.1, 0.15) is 0 Å². The van der Waals surface area contributed by atoms with Gasteiger partial charge in [0.2, 0.25) is 0 Å². The third-order valence-electron chi connectivity index (χ3n) is 5.38. The third kappa shape index (κ3) is 17.9. The Labute approximate surface area is 206 Å². The molecule has 1 aliphatic rings. The maximum absolute atomic E-state index is 5.46. The first-order valence-corrected chi connectivity index (χ1v) is 12.6. The van der Waals surface area contributed by atoms with Gasteiger partial charge < -0.3 is 35.6 Å². The van der Waals surface area contributed by atoms with Crippen molar-refractivity contribution in [1.29, 1.82) is 0 Å². The number of hydrogen-bond acceptors (Lipinski definition) is 3. The molecule has 0 aromatic carbocycles. The fraction of sp³-hybridized carbons (Fsp3) is 0.720. The van der Waals surface area contributed by atoms with Gasteiger partial charge in [0.15, 0.2) is 0 Å². The van der Waals surface area contributed by atoms with E-state index in [1.807, 2.05) is 0 Å². The van der Waals surface area contributed by atoms with Gasteiger partial charge in [-0.3, -0.25) is 6.08 Å². The predicted octanol–water partition coefficient (Wildman–Crippen LogP) is 7.97. The molecule has 5 heteroatoms. The van der Waals surface area contributed by atoms with Crippen molar-refractivity contribution in [1.82, 2.24) is 0 Å². The van der Waals surface area contributed by atoms with E-state index in [9.17, 15) is 0 Å². The summed E-state index contributed by atoms with van der Waals surface area (Å²) in [5.41, 5.74) is 1.43. The molecule has 0 heterocycles. The van der Waals surface area contributed by atoms with Gasteiger partial charge in [-0.15, -0.1) is 6.42 Å². The summed E-state index contributed by atoms with van der Waals surface area (Å²) in [7, 11) is 2.76. The zero-order chi connectivity index (χ0) is 18.9. The van der Waals surface area contributed by atoms with Crippen molar-refractivity contribution in [3.8, 4) is 0 Å². The first-order chi connectivity index (χ1) is 12.8. The molecule has 0 aliphatic heterocycles. The van der Waals surface area contributed by atoms with Gasteiger partial charge in [0, 0.05) is 27.4 Å². The molecule has 0 radical (unpaired) electrons. The second-order valence-electron chi connectivity index (χ2n) is 7.35. The summed E-state index contributed by atoms with van der Waals surface area (Å²) in [5.74, 6) is 0. The minimum absolute atomic E-state index is 0. The van der Waals surface area contributed by atoms with Crippen molar-refractivity contribution in [2.75, 3.05) is 21.3 Å². The van der Waals surface area contributed by atoms with Gasteiger partial charge in [-0.05, 0) is 6.42 Å². The van der Waals surface area contributed by atoms with E-state index in [1.165, 1.54) is 82.6 Å². The molecule has 0 bridgehead atoms. The van der Waals surface area contributed by atoms with Crippen LogP contribution in [-0.4, -0.2) is 30.1 Å². The van der Waals surface area contributed by atoms with Crippen molar-refractivity contribution in [2.24, 2.45) is 0 Å². The molecule has 0 unspecified atom stereocenters. The molecule has 1 aliphatic carbocycles. The standard InChI is InChI=1S/C22H41O3Si.3CH3.Pt/c1-23-26(24-2,25-3)21-17-13-11-9-7-5-4-6-8-10-12-14-18-22-19-15-16-20-22;;;;/h15,19H,4-14,16-18,21H2,1-3H3;3*1H3;/q4*-1;+4. The summed E-state index contributed by atoms with van der Waals surface area (Å²) in [6.45, 7) is 0. The Morgan fingerprint density at radius 3 is 1.47 bits per heavy atom. The molecule has 0 atom stereocenters. The molecule has 3 nitrogen and oxygen atoms in total. The van der Waals surface area contributed by atoms with Crippen LogP contribution in [0.1, 0.15) is 89.9 Å². The molecule has 1 rings (SSSR count). The maximum Gasteiger partial charge on any atom is 4.00 e. The number of rotatable bonds is 18. The van der Waals surface area contributed by atoms with E-state index in [0.717, 1.165) is 18.9 Å². The fourth-order valence-corrected chi connectivity index (χ4v) is 5.40. The molecule has 0 N–H and O–H groups in total. The molecule has 0 saturated heterocycles. The molecule has 0 aromatic rings. The predicted molar refractivity (Wildman–Crippen MR) is 131 cm³/mol. The Kier molecular flexibility index (Phi) is 32.0. The Balaban J connectivity index is -0.000000845. The van der Waals surface area contributed by atoms with Gasteiger partial charge in [0.05, 0.1) is 0 Å². The Morgan fingerprint density at radius 2 is 1.10 bits per heavy atom. The smallest absolute Gasteiger partial charge is 0.377 e. The summed E-state index contributed by atoms with van der Waals surface area (Å²) >= 11 is 0. The average molecular weight is 622 g/mol. The first-order valence-electron chi connectivity index (χ1n) is 10.7. The van der Waals surface area contributed by atoms with E-state index in [4.69, 9.17) is 13.3 Å². The number of allylic oxidation sites excluding steroid dienone is 4. The quantitative estimate of drug-likeness (QED) is 0.0883. The van der Waals surface area contributed by atoms with Crippen LogP contribution in [0.3, 0.4) is 0 Å². The fourth-order valence-electron chi connectivity index (χ4n) is 3.60. The van der Waals surface area contributed by atoms with Gasteiger partial charge in [-0.1, -0.05) is 77.0 Å². The van der Waals surface area contributed by atoms with Gasteiger partial charge in [-0.2, -0.15) is 6.08 Å². The molecule has 0 amide bonds. The van der Waals surface area contributed by atoms with Crippen molar-refractivity contribution in [2.45, 2.75) is 95.9 Å². The van der Waals surface area contributed by atoms with Crippen molar-refractivity contribution in [3.05, 3.63) is 46.1 Å². The van der Waals surface area contributed by atoms with Crippen LogP contribution in [0, 0.1) is 28.4 Å². The minimum Gasteiger partial charge on any atom is -0.377 e. The third-order valence-corrected chi connectivity index (χ3v) is 8.21. The molecule has 0 saturated carbocycles. The van der Waals surface area contributed by atoms with Crippen molar-refractivity contribution in [3.63, 3.8) is 0 Å². The zero-order valence-electron chi connectivity index (χ0n) is 20.8. The van der Waals surface area contributed by atoms with E-state index in [2.05, 4.69) is 18.2 Å². The van der Waals surface area contributed by atoms with E-state index in [-0.39, 0.29) is 43.3 Å². The van der Waals surface area contributed by atoms with Crippen LogP contribution in [0.5, 0.6) is 0 Å². The van der Waals surface area contributed by atoms with Crippen LogP contribution < -0.4 is 0 Å². The van der Waals surface area contributed by atoms with Crippen LogP contribution in [0.25, 0.3) is 0 Å². The molecule has 0 fully saturated rings. The molecular formula is C25H50O3PtSi. The molecule has 0 aromatic heterocycles. The Morgan fingerprint density at radius 1 is 0.700 bits per heavy atom. The van der Waals surface area contributed by atoms with Crippen molar-refractivity contribution >= 4 is 8.80 Å². The van der Waals surface area contributed by atoms with Crippen LogP contribution in [-0.2, 0) is 34.3 Å². The minimum atomic E-state index is -2.33. The zero-order valence-corrected chi connectivity index (χ0v) is 24.1. The van der Waals surface area contributed by atoms with E-state index < -0.39 is 8.80 Å². The summed E-state index contributed by atoms with van der Waals surface area (Å²) in [6, 6.07) is 0.933. The van der Waals surface area contributed by atoms with Crippen LogP contribution in [0.2, 0.25) is 6.04 Å². The summed E-state index contributed by atoms with van der Waals surface area (Å²) in [5, 5.41) is 0. The average Bonchev–Trinajstić information content (AvgIpc) is 3.19.